The average molecular weight is 358 g/mol. The monoisotopic (exact) mass is 358 g/mol. The van der Waals surface area contributed by atoms with E-state index in [1.807, 2.05) is 6.92 Å². The number of carbonyl (C=O) groups excluding carboxylic acids is 1. The summed E-state index contributed by atoms with van der Waals surface area (Å²) < 4.78 is 31.1. The number of rotatable bonds is 6. The molecule has 0 radical (unpaired) electrons. The summed E-state index contributed by atoms with van der Waals surface area (Å²) >= 11 is 0. The molecule has 24 heavy (non-hydrogen) atoms. The van der Waals surface area contributed by atoms with Gasteiger partial charge in [-0.15, -0.1) is 0 Å². The molecule has 1 aromatic heterocycles. The topological polar surface area (TPSA) is 108 Å². The molecule has 1 saturated heterocycles. The van der Waals surface area contributed by atoms with Crippen LogP contribution in [0.4, 0.5) is 0 Å². The van der Waals surface area contributed by atoms with Gasteiger partial charge in [-0.1, -0.05) is 6.92 Å². The summed E-state index contributed by atoms with van der Waals surface area (Å²) in [7, 11) is -2.12. The van der Waals surface area contributed by atoms with Crippen molar-refractivity contribution in [2.75, 3.05) is 26.7 Å². The first kappa shape index (κ1) is 18.5. The molecule has 9 heteroatoms. The smallest absolute Gasteiger partial charge is 0.371 e. The van der Waals surface area contributed by atoms with Crippen LogP contribution in [0.3, 0.4) is 0 Å². The van der Waals surface area contributed by atoms with E-state index in [4.69, 9.17) is 9.52 Å². The summed E-state index contributed by atoms with van der Waals surface area (Å²) in [6.07, 6.45) is 1.76. The van der Waals surface area contributed by atoms with Gasteiger partial charge in [-0.2, -0.15) is 4.31 Å². The number of aromatic carboxylic acids is 1. The second-order valence-corrected chi connectivity index (χ2v) is 7.73. The van der Waals surface area contributed by atoms with Crippen LogP contribution in [0.25, 0.3) is 0 Å². The van der Waals surface area contributed by atoms with Gasteiger partial charge in [0, 0.05) is 32.6 Å². The number of piperidine rings is 1. The Morgan fingerprint density at radius 1 is 1.33 bits per heavy atom. The van der Waals surface area contributed by atoms with E-state index in [9.17, 15) is 18.0 Å². The van der Waals surface area contributed by atoms with Crippen molar-refractivity contribution in [3.8, 4) is 0 Å². The predicted molar refractivity (Wildman–Crippen MR) is 85.1 cm³/mol. The van der Waals surface area contributed by atoms with Gasteiger partial charge < -0.3 is 14.4 Å². The number of carboxylic acids is 1. The minimum Gasteiger partial charge on any atom is -0.475 e. The third kappa shape index (κ3) is 3.78. The Balaban J connectivity index is 2.02. The predicted octanol–water partition coefficient (Wildman–Crippen LogP) is 1.25. The standard InChI is InChI=1S/C15H22N2O6S/c1-3-8-16(2)14(18)11-6-9-17(10-7-11)24(21,22)13-5-4-12(23-13)15(19)20/h4-5,11H,3,6-10H2,1-2H3,(H,19,20). The molecule has 134 valence electrons. The highest BCUT2D eigenvalue weighted by molar-refractivity contribution is 7.89. The highest BCUT2D eigenvalue weighted by Crippen LogP contribution is 2.26. The fraction of sp³-hybridized carbons (Fsp3) is 0.600. The molecule has 0 saturated carbocycles. The average Bonchev–Trinajstić information content (AvgIpc) is 3.05. The van der Waals surface area contributed by atoms with Gasteiger partial charge in [0.25, 0.3) is 10.0 Å². The molecule has 1 aliphatic rings. The van der Waals surface area contributed by atoms with E-state index in [0.29, 0.717) is 19.4 Å². The number of furan rings is 1. The highest BCUT2D eigenvalue weighted by atomic mass is 32.2. The van der Waals surface area contributed by atoms with E-state index in [-0.39, 0.29) is 30.0 Å². The quantitative estimate of drug-likeness (QED) is 0.820. The molecule has 0 spiro atoms. The molecule has 1 aromatic rings. The Hall–Kier alpha value is -1.87. The Bertz CT molecular complexity index is 703. The van der Waals surface area contributed by atoms with Crippen molar-refractivity contribution < 1.29 is 27.5 Å². The maximum absolute atomic E-state index is 12.5. The van der Waals surface area contributed by atoms with Crippen LogP contribution in [0.1, 0.15) is 36.7 Å². The van der Waals surface area contributed by atoms with Crippen LogP contribution in [0.15, 0.2) is 21.6 Å². The molecular weight excluding hydrogens is 336 g/mol. The van der Waals surface area contributed by atoms with Gasteiger partial charge >= 0.3 is 5.97 Å². The summed E-state index contributed by atoms with van der Waals surface area (Å²) in [5, 5.41) is 8.44. The van der Waals surface area contributed by atoms with Gasteiger partial charge in [0.15, 0.2) is 0 Å². The number of sulfonamides is 1. The maximum atomic E-state index is 12.5. The molecule has 0 bridgehead atoms. The van der Waals surface area contributed by atoms with E-state index < -0.39 is 21.8 Å². The largest absolute Gasteiger partial charge is 0.475 e. The first-order valence-electron chi connectivity index (χ1n) is 7.85. The first-order valence-corrected chi connectivity index (χ1v) is 9.29. The number of amides is 1. The summed E-state index contributed by atoms with van der Waals surface area (Å²) in [6, 6.07) is 2.26. The van der Waals surface area contributed by atoms with Gasteiger partial charge in [0.2, 0.25) is 16.8 Å². The lowest BCUT2D eigenvalue weighted by Crippen LogP contribution is -2.43. The molecule has 2 rings (SSSR count). The number of hydrogen-bond acceptors (Lipinski definition) is 5. The van der Waals surface area contributed by atoms with Crippen LogP contribution < -0.4 is 0 Å². The molecule has 1 fully saturated rings. The minimum absolute atomic E-state index is 0.0417. The summed E-state index contributed by atoms with van der Waals surface area (Å²) in [5.74, 6) is -1.88. The van der Waals surface area contributed by atoms with Crippen molar-refractivity contribution >= 4 is 21.9 Å². The van der Waals surface area contributed by atoms with Crippen LogP contribution in [0, 0.1) is 5.92 Å². The van der Waals surface area contributed by atoms with Crippen LogP contribution in [0.5, 0.6) is 0 Å². The second-order valence-electron chi connectivity index (χ2n) is 5.86. The number of carboxylic acid groups (broad SMARTS) is 1. The van der Waals surface area contributed by atoms with Crippen LogP contribution in [-0.4, -0.2) is 61.3 Å². The Morgan fingerprint density at radius 3 is 2.46 bits per heavy atom. The Morgan fingerprint density at radius 2 is 1.96 bits per heavy atom. The van der Waals surface area contributed by atoms with Crippen molar-refractivity contribution in [2.45, 2.75) is 31.3 Å². The Kier molecular flexibility index (Phi) is 5.66. The zero-order valence-electron chi connectivity index (χ0n) is 13.8. The SMILES string of the molecule is CCCN(C)C(=O)C1CCN(S(=O)(=O)c2ccc(C(=O)O)o2)CC1. The van der Waals surface area contributed by atoms with E-state index in [0.717, 1.165) is 18.6 Å². The molecule has 0 atom stereocenters. The van der Waals surface area contributed by atoms with Gasteiger partial charge in [-0.25, -0.2) is 13.2 Å². The molecular formula is C15H22N2O6S. The van der Waals surface area contributed by atoms with Crippen LogP contribution >= 0.6 is 0 Å². The molecule has 0 aliphatic carbocycles. The third-order valence-corrected chi connectivity index (χ3v) is 5.90. The van der Waals surface area contributed by atoms with Gasteiger partial charge in [-0.3, -0.25) is 4.79 Å². The lowest BCUT2D eigenvalue weighted by molar-refractivity contribution is -0.135. The van der Waals surface area contributed by atoms with Crippen LogP contribution in [0.2, 0.25) is 0 Å². The minimum atomic E-state index is -3.88. The van der Waals surface area contributed by atoms with Crippen molar-refractivity contribution in [2.24, 2.45) is 5.92 Å². The fourth-order valence-corrected chi connectivity index (χ4v) is 4.18. The number of carbonyl (C=O) groups is 2. The van der Waals surface area contributed by atoms with Crippen molar-refractivity contribution in [1.29, 1.82) is 0 Å². The zero-order chi connectivity index (χ0) is 17.9. The molecule has 1 amide bonds. The van der Waals surface area contributed by atoms with Gasteiger partial charge in [0.05, 0.1) is 0 Å². The first-order chi connectivity index (χ1) is 11.3. The molecule has 2 heterocycles. The molecule has 8 nitrogen and oxygen atoms in total. The Labute approximate surface area is 141 Å². The highest BCUT2D eigenvalue weighted by Gasteiger charge is 2.34. The lowest BCUT2D eigenvalue weighted by Gasteiger charge is -2.31. The normalized spacial score (nSPS) is 16.9. The lowest BCUT2D eigenvalue weighted by atomic mass is 9.96. The number of hydrogen-bond donors (Lipinski definition) is 1. The fourth-order valence-electron chi connectivity index (χ4n) is 2.80. The van der Waals surface area contributed by atoms with Gasteiger partial charge in [-0.05, 0) is 31.4 Å². The van der Waals surface area contributed by atoms with E-state index in [2.05, 4.69) is 0 Å². The summed E-state index contributed by atoms with van der Waals surface area (Å²) in [6.45, 7) is 3.10. The number of nitrogens with zero attached hydrogens (tertiary/aromatic N) is 2. The van der Waals surface area contributed by atoms with E-state index in [1.165, 1.54) is 4.31 Å². The third-order valence-electron chi connectivity index (χ3n) is 4.12. The van der Waals surface area contributed by atoms with Crippen molar-refractivity contribution in [3.05, 3.63) is 17.9 Å². The molecule has 0 unspecified atom stereocenters. The zero-order valence-corrected chi connectivity index (χ0v) is 14.6. The van der Waals surface area contributed by atoms with Gasteiger partial charge in [0.1, 0.15) is 0 Å². The van der Waals surface area contributed by atoms with E-state index >= 15 is 0 Å². The van der Waals surface area contributed by atoms with Crippen LogP contribution in [-0.2, 0) is 14.8 Å². The maximum Gasteiger partial charge on any atom is 0.371 e. The van der Waals surface area contributed by atoms with Crippen molar-refractivity contribution in [3.63, 3.8) is 0 Å². The van der Waals surface area contributed by atoms with E-state index in [1.54, 1.807) is 11.9 Å². The molecule has 0 aromatic carbocycles. The van der Waals surface area contributed by atoms with Crippen molar-refractivity contribution in [1.82, 2.24) is 9.21 Å². The molecule has 1 N–H and O–H groups in total. The molecule has 1 aliphatic heterocycles. The second kappa shape index (κ2) is 7.35. The summed E-state index contributed by atoms with van der Waals surface area (Å²) in [4.78, 5) is 24.8. The summed E-state index contributed by atoms with van der Waals surface area (Å²) in [5.41, 5.74) is 0.